The fraction of sp³-hybridized carbons (Fsp3) is 0.595. The van der Waals surface area contributed by atoms with E-state index >= 15 is 0 Å². The van der Waals surface area contributed by atoms with Crippen LogP contribution in [0.5, 0.6) is 11.6 Å². The number of carbonyl (C=O) groups excluding carboxylic acids is 4. The number of aromatic nitrogens is 1. The van der Waals surface area contributed by atoms with Gasteiger partial charge in [0.05, 0.1) is 13.7 Å². The zero-order valence-corrected chi connectivity index (χ0v) is 32.4. The van der Waals surface area contributed by atoms with E-state index in [-0.39, 0.29) is 53.4 Å². The summed E-state index contributed by atoms with van der Waals surface area (Å²) in [5.41, 5.74) is 4.33. The molecule has 316 valence electrons. The Morgan fingerprint density at radius 2 is 1.88 bits per heavy atom. The zero-order chi connectivity index (χ0) is 41.4. The molecule has 14 nitrogen and oxygen atoms in total. The van der Waals surface area contributed by atoms with Crippen LogP contribution in [0.25, 0.3) is 10.8 Å². The van der Waals surface area contributed by atoms with E-state index in [1.807, 2.05) is 24.3 Å². The van der Waals surface area contributed by atoms with Crippen LogP contribution in [0.3, 0.4) is 0 Å². The number of alkyl halides is 4. The predicted octanol–water partition coefficient (Wildman–Crippen LogP) is 5.79. The van der Waals surface area contributed by atoms with Crippen molar-refractivity contribution in [2.45, 2.75) is 108 Å². The lowest BCUT2D eigenvalue weighted by Crippen LogP contribution is -2.47. The van der Waals surface area contributed by atoms with Crippen LogP contribution in [0.1, 0.15) is 76.4 Å². The van der Waals surface area contributed by atoms with E-state index in [2.05, 4.69) is 46.8 Å². The molecule has 0 spiro atoms. The Bertz CT molecular complexity index is 1880. The van der Waals surface area contributed by atoms with E-state index in [9.17, 15) is 45.2 Å². The first kappa shape index (κ1) is 44.0. The van der Waals surface area contributed by atoms with Crippen LogP contribution in [0.4, 0.5) is 22.4 Å². The number of carbonyl (C=O) groups is 4. The van der Waals surface area contributed by atoms with E-state index in [1.165, 1.54) is 4.72 Å². The Balaban J connectivity index is 0.000000627. The van der Waals surface area contributed by atoms with Gasteiger partial charge in [-0.1, -0.05) is 26.0 Å². The number of halogens is 4. The summed E-state index contributed by atoms with van der Waals surface area (Å²) in [6, 6.07) is 7.34. The average molecular weight is 822 g/mol. The number of rotatable bonds is 7. The second-order valence-electron chi connectivity index (χ2n) is 14.7. The van der Waals surface area contributed by atoms with E-state index in [0.29, 0.717) is 44.0 Å². The zero-order valence-electron chi connectivity index (χ0n) is 31.6. The van der Waals surface area contributed by atoms with Crippen LogP contribution < -0.4 is 25.2 Å². The van der Waals surface area contributed by atoms with Gasteiger partial charge in [0.1, 0.15) is 17.9 Å². The second-order valence-corrected chi connectivity index (χ2v) is 16.6. The number of hydrogen-bond donors (Lipinski definition) is 3. The molecule has 6 rings (SSSR count). The lowest BCUT2D eigenvalue weighted by Gasteiger charge is -2.25. The van der Waals surface area contributed by atoms with Crippen molar-refractivity contribution in [3.05, 3.63) is 42.6 Å². The molecule has 1 saturated heterocycles. The summed E-state index contributed by atoms with van der Waals surface area (Å²) in [4.78, 5) is 52.3. The molecule has 4 aliphatic rings. The monoisotopic (exact) mass is 821 g/mol. The molecule has 4 N–H and O–H groups in total. The Kier molecular flexibility index (Phi) is 14.6. The number of primary amides is 1. The van der Waals surface area contributed by atoms with E-state index in [0.717, 1.165) is 42.2 Å². The molecule has 0 radical (unpaired) electrons. The average Bonchev–Trinajstić information content (AvgIpc) is 4.01. The van der Waals surface area contributed by atoms with Crippen molar-refractivity contribution in [1.29, 1.82) is 0 Å². The molecule has 56 heavy (non-hydrogen) atoms. The highest BCUT2D eigenvalue weighted by Crippen LogP contribution is 2.44. The molecular formula is C37H55F4N5O9S. The summed E-state index contributed by atoms with van der Waals surface area (Å²) in [5, 5.41) is 2.87. The number of amides is 4. The summed E-state index contributed by atoms with van der Waals surface area (Å²) < 4.78 is 85.0. The molecule has 2 aromatic rings. The highest BCUT2D eigenvalue weighted by Gasteiger charge is 2.56. The molecular weight excluding hydrogens is 766 g/mol. The topological polar surface area (TPSA) is 196 Å². The number of nitrogens with zero attached hydrogens (tertiary/aromatic N) is 2. The summed E-state index contributed by atoms with van der Waals surface area (Å²) in [6.07, 6.45) is 2.86. The predicted molar refractivity (Wildman–Crippen MR) is 203 cm³/mol. The summed E-state index contributed by atoms with van der Waals surface area (Å²) in [5.74, 6) is 2.50. The minimum Gasteiger partial charge on any atom is -0.497 e. The third-order valence-corrected chi connectivity index (χ3v) is 11.7. The Morgan fingerprint density at radius 3 is 2.48 bits per heavy atom. The number of fused-ring (bicyclic) bond motifs is 3. The van der Waals surface area contributed by atoms with Crippen molar-refractivity contribution in [2.24, 2.45) is 23.5 Å². The van der Waals surface area contributed by atoms with Gasteiger partial charge in [-0.05, 0) is 80.0 Å². The standard InChI is InChI=1S/C29H37N3O4.C4H6F3NO2.C4H6FNO3S.3H2/c1-18-6-4-5-7-21-15-25(21)31-28(34)26-16-23(17-32(26)27(33)13-19(2)12-18)36-29-24-9-8-22(35-3)14-20(24)10-11-30-29;1-2(4(5,6)7)10-3(8)9;5-4(1-2-4)10(8,9)6-3-7;;;/h5,7-11,14,18-19,21,23,25-26H,4,6,12-13,15-17H2,1-3H3,(H,31,34);2H,1H3,(H2,8,9);3H,1-2H2,(H,6,7);3*1H/b7-5-;;;;;/t18-,19-,21-,23-,25-,26+;2-;;;;/m11..../s1. The number of methoxy groups -OCH3 is 1. The van der Waals surface area contributed by atoms with Gasteiger partial charge < -0.3 is 30.2 Å². The van der Waals surface area contributed by atoms with Gasteiger partial charge in [0.2, 0.25) is 29.1 Å². The number of ether oxygens (including phenoxy) is 3. The first-order valence-corrected chi connectivity index (χ1v) is 19.8. The molecule has 0 unspecified atom stereocenters. The van der Waals surface area contributed by atoms with Crippen LogP contribution in [0, 0.1) is 17.8 Å². The van der Waals surface area contributed by atoms with E-state index < -0.39 is 39.4 Å². The van der Waals surface area contributed by atoms with Crippen LogP contribution >= 0.6 is 0 Å². The summed E-state index contributed by atoms with van der Waals surface area (Å²) >= 11 is 0. The maximum absolute atomic E-state index is 13.4. The lowest BCUT2D eigenvalue weighted by molar-refractivity contribution is -0.196. The Morgan fingerprint density at radius 1 is 1.16 bits per heavy atom. The van der Waals surface area contributed by atoms with Crippen molar-refractivity contribution in [2.75, 3.05) is 13.7 Å². The van der Waals surface area contributed by atoms with Gasteiger partial charge in [0.25, 0.3) is 10.0 Å². The van der Waals surface area contributed by atoms with Crippen molar-refractivity contribution < 1.29 is 63.6 Å². The Hall–Kier alpha value is -4.68. The van der Waals surface area contributed by atoms with Gasteiger partial charge in [0.15, 0.2) is 6.10 Å². The molecule has 4 amide bonds. The molecule has 0 bridgehead atoms. The largest absolute Gasteiger partial charge is 0.497 e. The van der Waals surface area contributed by atoms with Gasteiger partial charge in [-0.2, -0.15) is 13.2 Å². The molecule has 3 heterocycles. The van der Waals surface area contributed by atoms with E-state index in [1.54, 1.807) is 18.2 Å². The summed E-state index contributed by atoms with van der Waals surface area (Å²) in [6.45, 7) is 5.50. The first-order valence-electron chi connectivity index (χ1n) is 18.3. The minimum absolute atomic E-state index is 0. The molecule has 7 atom stereocenters. The van der Waals surface area contributed by atoms with Gasteiger partial charge >= 0.3 is 12.3 Å². The molecule has 2 saturated carbocycles. The molecule has 1 aromatic carbocycles. The number of pyridine rings is 1. The SMILES string of the molecule is COc1ccc2c(O[C@@H]3C[C@H]4C(=O)N[C@@H]5C[C@H]5/C=C\CC[C@@H](C)C[C@@H](C)CC(=O)N4C3)nccc2c1.C[C@@H](OC(N)=O)C(F)(F)F.O=CNS(=O)(=O)C1(F)CC1.[HH].[HH].[HH]. The summed E-state index contributed by atoms with van der Waals surface area (Å²) in [7, 11) is -2.38. The van der Waals surface area contributed by atoms with Crippen LogP contribution in [0.15, 0.2) is 42.6 Å². The molecule has 3 fully saturated rings. The third kappa shape index (κ3) is 12.2. The van der Waals surface area contributed by atoms with Crippen molar-refractivity contribution in [3.8, 4) is 11.6 Å². The second kappa shape index (κ2) is 18.5. The minimum atomic E-state index is -4.53. The fourth-order valence-electron chi connectivity index (χ4n) is 6.52. The number of nitrogens with two attached hydrogens (primary N) is 1. The van der Waals surface area contributed by atoms with Gasteiger partial charge in [0, 0.05) is 47.6 Å². The maximum Gasteiger partial charge on any atom is 0.425 e. The fourth-order valence-corrected chi connectivity index (χ4v) is 7.50. The van der Waals surface area contributed by atoms with Crippen molar-refractivity contribution in [1.82, 2.24) is 19.9 Å². The van der Waals surface area contributed by atoms with Crippen LogP contribution in [0.2, 0.25) is 0 Å². The maximum atomic E-state index is 13.4. The number of benzene rings is 1. The lowest BCUT2D eigenvalue weighted by atomic mass is 9.91. The van der Waals surface area contributed by atoms with Crippen LogP contribution in [-0.4, -0.2) is 91.7 Å². The smallest absolute Gasteiger partial charge is 0.425 e. The molecule has 19 heteroatoms. The van der Waals surface area contributed by atoms with Crippen molar-refractivity contribution in [3.63, 3.8) is 0 Å². The molecule has 2 aliphatic carbocycles. The molecule has 2 aliphatic heterocycles. The number of nitrogens with one attached hydrogen (secondary N) is 2. The first-order chi connectivity index (χ1) is 26.3. The van der Waals surface area contributed by atoms with Crippen LogP contribution in [-0.2, 0) is 29.1 Å². The van der Waals surface area contributed by atoms with Gasteiger partial charge in [-0.3, -0.25) is 19.1 Å². The highest BCUT2D eigenvalue weighted by molar-refractivity contribution is 7.91. The molecule has 1 aromatic heterocycles. The van der Waals surface area contributed by atoms with Crippen molar-refractivity contribution >= 4 is 45.1 Å². The highest BCUT2D eigenvalue weighted by atomic mass is 32.2. The normalized spacial score (nSPS) is 27.0. The van der Waals surface area contributed by atoms with Gasteiger partial charge in [-0.25, -0.2) is 22.6 Å². The van der Waals surface area contributed by atoms with E-state index in [4.69, 9.17) is 9.47 Å². The number of allylic oxidation sites excluding steroid dienone is 1. The Labute approximate surface area is 327 Å². The number of hydrogen-bond acceptors (Lipinski definition) is 10. The quantitative estimate of drug-likeness (QED) is 0.175. The van der Waals surface area contributed by atoms with Gasteiger partial charge in [-0.15, -0.1) is 0 Å². The number of sulfonamides is 1. The third-order valence-electron chi connectivity index (χ3n) is 9.89.